The number of aryl methyl sites for hydroxylation is 1. The summed E-state index contributed by atoms with van der Waals surface area (Å²) in [5.41, 5.74) is 0.943. The van der Waals surface area contributed by atoms with Gasteiger partial charge >= 0.3 is 0 Å². The van der Waals surface area contributed by atoms with Crippen LogP contribution < -0.4 is 10.0 Å². The number of aromatic nitrogens is 1. The molecule has 20 heavy (non-hydrogen) atoms. The molecule has 1 rings (SSSR count). The summed E-state index contributed by atoms with van der Waals surface area (Å²) in [5, 5.41) is 3.26. The molecule has 0 aromatic carbocycles. The molecule has 0 saturated carbocycles. The lowest BCUT2D eigenvalue weighted by Gasteiger charge is -2.09. The Labute approximate surface area is 129 Å². The van der Waals surface area contributed by atoms with E-state index in [-0.39, 0.29) is 5.75 Å². The number of nitrogens with zero attached hydrogens (tertiary/aromatic N) is 1. The summed E-state index contributed by atoms with van der Waals surface area (Å²) in [7, 11) is -3.32. The lowest BCUT2D eigenvalue weighted by molar-refractivity contribution is 0.561. The largest absolute Gasteiger partial charge is 0.315 e. The highest BCUT2D eigenvalue weighted by Crippen LogP contribution is 2.18. The maximum atomic E-state index is 11.9. The van der Waals surface area contributed by atoms with Gasteiger partial charge in [0.05, 0.1) is 5.75 Å². The summed E-state index contributed by atoms with van der Waals surface area (Å²) in [6.45, 7) is 6.86. The fourth-order valence-corrected chi connectivity index (χ4v) is 2.95. The fourth-order valence-electron chi connectivity index (χ4n) is 1.61. The van der Waals surface area contributed by atoms with Crippen LogP contribution in [0, 0.1) is 6.92 Å². The molecule has 7 heteroatoms. The average molecular weight is 364 g/mol. The molecular formula is C13H22BrN3O2S. The van der Waals surface area contributed by atoms with E-state index in [0.717, 1.165) is 23.0 Å². The lowest BCUT2D eigenvalue weighted by atomic mass is 10.3. The number of halogens is 1. The molecule has 0 aliphatic rings. The van der Waals surface area contributed by atoms with Gasteiger partial charge in [0.25, 0.3) is 0 Å². The van der Waals surface area contributed by atoms with Crippen LogP contribution in [0.25, 0.3) is 0 Å². The maximum absolute atomic E-state index is 11.9. The zero-order valence-electron chi connectivity index (χ0n) is 12.1. The number of pyridine rings is 1. The van der Waals surface area contributed by atoms with Crippen LogP contribution in [0.4, 0.5) is 5.82 Å². The molecule has 0 atom stereocenters. The maximum Gasteiger partial charge on any atom is 0.233 e. The van der Waals surface area contributed by atoms with Gasteiger partial charge in [0.2, 0.25) is 10.0 Å². The molecule has 0 fully saturated rings. The number of sulfonamides is 1. The second-order valence-electron chi connectivity index (χ2n) is 5.06. The van der Waals surface area contributed by atoms with Gasteiger partial charge in [-0.3, -0.25) is 4.72 Å². The van der Waals surface area contributed by atoms with E-state index < -0.39 is 10.0 Å². The highest BCUT2D eigenvalue weighted by atomic mass is 79.9. The van der Waals surface area contributed by atoms with E-state index in [2.05, 4.69) is 44.8 Å². The van der Waals surface area contributed by atoms with Gasteiger partial charge in [-0.15, -0.1) is 0 Å². The molecule has 114 valence electrons. The van der Waals surface area contributed by atoms with Gasteiger partial charge in [-0.1, -0.05) is 13.8 Å². The summed E-state index contributed by atoms with van der Waals surface area (Å²) in [6, 6.07) is 2.14. The number of hydrogen-bond acceptors (Lipinski definition) is 4. The van der Waals surface area contributed by atoms with Gasteiger partial charge in [0, 0.05) is 16.7 Å². The molecule has 0 saturated heterocycles. The summed E-state index contributed by atoms with van der Waals surface area (Å²) in [5.74, 6) is 0.481. The Morgan fingerprint density at radius 2 is 2.05 bits per heavy atom. The smallest absolute Gasteiger partial charge is 0.233 e. The minimum absolute atomic E-state index is 0.115. The molecule has 0 unspecified atom stereocenters. The fraction of sp³-hybridized carbons (Fsp3) is 0.615. The molecule has 2 N–H and O–H groups in total. The van der Waals surface area contributed by atoms with Crippen LogP contribution in [0.3, 0.4) is 0 Å². The molecule has 0 amide bonds. The minimum atomic E-state index is -3.32. The van der Waals surface area contributed by atoms with Gasteiger partial charge < -0.3 is 5.32 Å². The van der Waals surface area contributed by atoms with Crippen molar-refractivity contribution < 1.29 is 8.42 Å². The van der Waals surface area contributed by atoms with Crippen LogP contribution in [0.2, 0.25) is 0 Å². The number of unbranched alkanes of at least 4 members (excludes halogenated alkanes) is 1. The van der Waals surface area contributed by atoms with Crippen LogP contribution in [-0.2, 0) is 10.0 Å². The van der Waals surface area contributed by atoms with Crippen molar-refractivity contribution in [3.05, 3.63) is 22.3 Å². The van der Waals surface area contributed by atoms with E-state index in [9.17, 15) is 8.42 Å². The van der Waals surface area contributed by atoms with E-state index in [1.54, 1.807) is 12.3 Å². The molecule has 1 heterocycles. The van der Waals surface area contributed by atoms with Gasteiger partial charge in [0.15, 0.2) is 0 Å². The number of rotatable bonds is 8. The molecule has 0 spiro atoms. The minimum Gasteiger partial charge on any atom is -0.315 e. The number of hydrogen-bond donors (Lipinski definition) is 2. The zero-order valence-corrected chi connectivity index (χ0v) is 14.5. The molecule has 1 aromatic heterocycles. The van der Waals surface area contributed by atoms with Crippen LogP contribution in [-0.4, -0.2) is 31.7 Å². The molecular weight excluding hydrogens is 342 g/mol. The summed E-state index contributed by atoms with van der Waals surface area (Å²) in [6.07, 6.45) is 3.07. The van der Waals surface area contributed by atoms with Crippen molar-refractivity contribution >= 4 is 31.8 Å². The van der Waals surface area contributed by atoms with Crippen molar-refractivity contribution in [3.63, 3.8) is 0 Å². The van der Waals surface area contributed by atoms with E-state index in [1.807, 2.05) is 6.92 Å². The van der Waals surface area contributed by atoms with Crippen molar-refractivity contribution in [2.24, 2.45) is 0 Å². The Morgan fingerprint density at radius 1 is 1.35 bits per heavy atom. The third-order valence-corrected chi connectivity index (χ3v) is 4.88. The Morgan fingerprint density at radius 3 is 2.65 bits per heavy atom. The van der Waals surface area contributed by atoms with Crippen LogP contribution in [0.1, 0.15) is 32.3 Å². The predicted octanol–water partition coefficient (Wildman–Crippen LogP) is 2.67. The average Bonchev–Trinajstić information content (AvgIpc) is 2.32. The van der Waals surface area contributed by atoms with Crippen LogP contribution in [0.5, 0.6) is 0 Å². The Hall–Kier alpha value is -0.660. The van der Waals surface area contributed by atoms with E-state index in [0.29, 0.717) is 18.3 Å². The van der Waals surface area contributed by atoms with Crippen LogP contribution >= 0.6 is 15.9 Å². The summed E-state index contributed by atoms with van der Waals surface area (Å²) in [4.78, 5) is 4.04. The van der Waals surface area contributed by atoms with Crippen molar-refractivity contribution in [1.82, 2.24) is 10.3 Å². The quantitative estimate of drug-likeness (QED) is 0.696. The van der Waals surface area contributed by atoms with E-state index >= 15 is 0 Å². The highest BCUT2D eigenvalue weighted by molar-refractivity contribution is 9.10. The SMILES string of the molecule is Cc1cc(NS(=O)(=O)CCCCNC(C)C)ncc1Br. The number of anilines is 1. The third-order valence-electron chi connectivity index (χ3n) is 2.70. The lowest BCUT2D eigenvalue weighted by Crippen LogP contribution is -2.24. The van der Waals surface area contributed by atoms with Gasteiger partial charge in [-0.05, 0) is 53.9 Å². The second-order valence-corrected chi connectivity index (χ2v) is 7.75. The predicted molar refractivity (Wildman–Crippen MR) is 86.5 cm³/mol. The Balaban J connectivity index is 2.43. The zero-order chi connectivity index (χ0) is 15.2. The third kappa shape index (κ3) is 6.67. The van der Waals surface area contributed by atoms with Gasteiger partial charge in [0.1, 0.15) is 5.82 Å². The van der Waals surface area contributed by atoms with Crippen molar-refractivity contribution in [2.75, 3.05) is 17.0 Å². The molecule has 0 radical (unpaired) electrons. The molecule has 5 nitrogen and oxygen atoms in total. The van der Waals surface area contributed by atoms with Crippen molar-refractivity contribution in [3.8, 4) is 0 Å². The first-order valence-corrected chi connectivity index (χ1v) is 9.11. The Bertz CT molecular complexity index is 532. The molecule has 1 aromatic rings. The molecule has 0 aliphatic heterocycles. The molecule has 0 aliphatic carbocycles. The highest BCUT2D eigenvalue weighted by Gasteiger charge is 2.11. The first-order valence-electron chi connectivity index (χ1n) is 6.66. The van der Waals surface area contributed by atoms with Gasteiger partial charge in [-0.2, -0.15) is 0 Å². The molecule has 0 bridgehead atoms. The second kappa shape index (κ2) is 7.95. The van der Waals surface area contributed by atoms with E-state index in [4.69, 9.17) is 0 Å². The van der Waals surface area contributed by atoms with E-state index in [1.165, 1.54) is 0 Å². The van der Waals surface area contributed by atoms with Crippen molar-refractivity contribution in [2.45, 2.75) is 39.7 Å². The first-order chi connectivity index (χ1) is 9.30. The summed E-state index contributed by atoms with van der Waals surface area (Å²) >= 11 is 3.33. The van der Waals surface area contributed by atoms with Crippen LogP contribution in [0.15, 0.2) is 16.7 Å². The standard InChI is InChI=1S/C13H22BrN3O2S/c1-10(2)15-6-4-5-7-20(18,19)17-13-8-11(3)12(14)9-16-13/h8-10,15H,4-7H2,1-3H3,(H,16,17). The Kier molecular flexibility index (Phi) is 6.91. The topological polar surface area (TPSA) is 71.1 Å². The number of nitrogens with one attached hydrogen (secondary N) is 2. The monoisotopic (exact) mass is 363 g/mol. The van der Waals surface area contributed by atoms with Gasteiger partial charge in [-0.25, -0.2) is 13.4 Å². The normalized spacial score (nSPS) is 11.8. The van der Waals surface area contributed by atoms with Crippen molar-refractivity contribution in [1.29, 1.82) is 0 Å². The summed E-state index contributed by atoms with van der Waals surface area (Å²) < 4.78 is 27.2. The first kappa shape index (κ1) is 17.4.